The topological polar surface area (TPSA) is 37.7 Å². The molecule has 6 heavy (non-hydrogen) atoms. The first-order valence-corrected chi connectivity index (χ1v) is 1.77. The number of hydrogen-bond donors (Lipinski definition) is 0. The van der Waals surface area contributed by atoms with Gasteiger partial charge in [0.05, 0.1) is 12.9 Å². The van der Waals surface area contributed by atoms with Crippen LogP contribution in [0.4, 0.5) is 0 Å². The van der Waals surface area contributed by atoms with Crippen molar-refractivity contribution in [3.8, 4) is 0 Å². The first-order chi connectivity index (χ1) is 2.50. The van der Waals surface area contributed by atoms with E-state index in [-0.39, 0.29) is 5.48 Å². The third-order valence-corrected chi connectivity index (χ3v) is 0.595. The second kappa shape index (κ2) is 2.72. The van der Waals surface area contributed by atoms with Gasteiger partial charge in [0.15, 0.2) is 0 Å². The molecule has 2 nitrogen and oxygen atoms in total. The number of hydrogen-bond acceptors (Lipinski definition) is 1. The molecular weight excluding hydrogens is 80.0 g/mol. The minimum atomic E-state index is 0. The van der Waals surface area contributed by atoms with Crippen molar-refractivity contribution in [1.29, 1.82) is 0 Å². The van der Waals surface area contributed by atoms with Crippen LogP contribution < -0.4 is 0 Å². The molecule has 1 heterocycles. The van der Waals surface area contributed by atoms with Gasteiger partial charge < -0.3 is 4.74 Å². The van der Waals surface area contributed by atoms with Crippen LogP contribution >= 0.6 is 0 Å². The van der Waals surface area contributed by atoms with Gasteiger partial charge in [-0.25, -0.2) is 0 Å². The van der Waals surface area contributed by atoms with Crippen molar-refractivity contribution >= 4 is 0 Å². The summed E-state index contributed by atoms with van der Waals surface area (Å²) in [5, 5.41) is 0. The Morgan fingerprint density at radius 2 is 2.33 bits per heavy atom. The first-order valence-electron chi connectivity index (χ1n) is 1.77. The quantitative estimate of drug-likeness (QED) is 0.429. The highest BCUT2D eigenvalue weighted by Gasteiger charge is 1.83. The molecule has 0 spiro atoms. The fourth-order valence-corrected chi connectivity index (χ4v) is 0.340. The number of ether oxygens (including phenoxy) is 1. The average molecular weight is 86.1 g/mol. The maximum absolute atomic E-state index is 4.76. The van der Waals surface area contributed by atoms with Crippen molar-refractivity contribution in [3.05, 3.63) is 12.3 Å². The summed E-state index contributed by atoms with van der Waals surface area (Å²) < 4.78 is 4.76. The third-order valence-electron chi connectivity index (χ3n) is 0.595. The first kappa shape index (κ1) is 5.50. The molecule has 0 aliphatic carbocycles. The fourth-order valence-electron chi connectivity index (χ4n) is 0.340. The summed E-state index contributed by atoms with van der Waals surface area (Å²) in [6.07, 6.45) is 4.85. The van der Waals surface area contributed by atoms with Crippen molar-refractivity contribution in [1.82, 2.24) is 0 Å². The Hall–Kier alpha value is -0.500. The molecule has 0 bridgehead atoms. The molecule has 0 saturated heterocycles. The molecule has 1 aliphatic heterocycles. The van der Waals surface area contributed by atoms with E-state index in [1.165, 1.54) is 0 Å². The van der Waals surface area contributed by atoms with Crippen LogP contribution in [0.3, 0.4) is 0 Å². The van der Waals surface area contributed by atoms with Crippen molar-refractivity contribution in [2.24, 2.45) is 0 Å². The van der Waals surface area contributed by atoms with E-state index in [0.717, 1.165) is 13.0 Å². The lowest BCUT2D eigenvalue weighted by Crippen LogP contribution is -1.70. The Morgan fingerprint density at radius 3 is 2.50 bits per heavy atom. The van der Waals surface area contributed by atoms with Crippen LogP contribution in [0.1, 0.15) is 6.42 Å². The highest BCUT2D eigenvalue weighted by molar-refractivity contribution is 4.78. The van der Waals surface area contributed by atoms with Crippen LogP contribution in [0.5, 0.6) is 0 Å². The van der Waals surface area contributed by atoms with Gasteiger partial charge in [0.25, 0.3) is 0 Å². The van der Waals surface area contributed by atoms with Crippen LogP contribution in [-0.2, 0) is 10.2 Å². The Balaban J connectivity index is 0.000000250. The zero-order valence-electron chi connectivity index (χ0n) is 3.39. The smallest absolute Gasteiger partial charge is 0.0908 e. The Morgan fingerprint density at radius 1 is 1.50 bits per heavy atom. The van der Waals surface area contributed by atoms with E-state index in [0.29, 0.717) is 0 Å². The second-order valence-electron chi connectivity index (χ2n) is 1.03. The molecule has 0 saturated carbocycles. The van der Waals surface area contributed by atoms with Gasteiger partial charge in [-0.3, -0.25) is 0 Å². The maximum Gasteiger partial charge on any atom is 0.0908 e. The van der Waals surface area contributed by atoms with Crippen molar-refractivity contribution in [2.75, 3.05) is 6.61 Å². The molecule has 0 aromatic carbocycles. The van der Waals surface area contributed by atoms with Crippen molar-refractivity contribution < 1.29 is 10.2 Å². The maximum atomic E-state index is 4.76. The van der Waals surface area contributed by atoms with Gasteiger partial charge in [0.2, 0.25) is 0 Å². The Labute approximate surface area is 36.7 Å². The monoisotopic (exact) mass is 86.0 g/mol. The van der Waals surface area contributed by atoms with Crippen LogP contribution in [0, 0.1) is 0 Å². The molecule has 0 amide bonds. The third kappa shape index (κ3) is 1.08. The molecular formula is C4H6O2. The summed E-state index contributed by atoms with van der Waals surface area (Å²) in [7, 11) is 0. The zero-order chi connectivity index (χ0) is 3.54. The highest BCUT2D eigenvalue weighted by Crippen LogP contribution is 1.93. The molecule has 0 aromatic rings. The van der Waals surface area contributed by atoms with Gasteiger partial charge in [0.1, 0.15) is 0 Å². The standard InChI is InChI=1S/C4H6O.O/c1-2-4-5-3-1;/h1,3H,2,4H2;. The molecule has 0 unspecified atom stereocenters. The molecule has 0 atom stereocenters. The molecule has 0 aromatic heterocycles. The molecule has 1 aliphatic rings. The van der Waals surface area contributed by atoms with Crippen LogP contribution in [0.15, 0.2) is 12.3 Å². The predicted octanol–water partition coefficient (Wildman–Crippen LogP) is 0.802. The molecule has 1 rings (SSSR count). The van der Waals surface area contributed by atoms with E-state index in [4.69, 9.17) is 4.74 Å². The predicted molar refractivity (Wildman–Crippen MR) is 20.4 cm³/mol. The minimum Gasteiger partial charge on any atom is -0.501 e. The van der Waals surface area contributed by atoms with Crippen molar-refractivity contribution in [3.63, 3.8) is 0 Å². The van der Waals surface area contributed by atoms with E-state index in [1.807, 2.05) is 6.08 Å². The summed E-state index contributed by atoms with van der Waals surface area (Å²) in [6, 6.07) is 0. The number of rotatable bonds is 0. The molecule has 0 fully saturated rings. The SMILES string of the molecule is C1=COCC1.[O]. The average Bonchev–Trinajstić information content (AvgIpc) is 1.76. The highest BCUT2D eigenvalue weighted by atomic mass is 16.5. The lowest BCUT2D eigenvalue weighted by atomic mass is 10.5. The van der Waals surface area contributed by atoms with E-state index in [9.17, 15) is 0 Å². The lowest BCUT2D eigenvalue weighted by molar-refractivity contribution is 0.281. The summed E-state index contributed by atoms with van der Waals surface area (Å²) in [5.41, 5.74) is 0. The largest absolute Gasteiger partial charge is 0.501 e. The van der Waals surface area contributed by atoms with Gasteiger partial charge in [-0.2, -0.15) is 0 Å². The van der Waals surface area contributed by atoms with E-state index in [2.05, 4.69) is 0 Å². The molecule has 0 N–H and O–H groups in total. The van der Waals surface area contributed by atoms with E-state index < -0.39 is 0 Å². The van der Waals surface area contributed by atoms with E-state index in [1.54, 1.807) is 6.26 Å². The fraction of sp³-hybridized carbons (Fsp3) is 0.500. The molecule has 2 heteroatoms. The van der Waals surface area contributed by atoms with Gasteiger partial charge in [-0.05, 0) is 6.08 Å². The summed E-state index contributed by atoms with van der Waals surface area (Å²) >= 11 is 0. The van der Waals surface area contributed by atoms with Gasteiger partial charge in [-0.1, -0.05) is 0 Å². The van der Waals surface area contributed by atoms with E-state index >= 15 is 0 Å². The van der Waals surface area contributed by atoms with Crippen LogP contribution in [0.2, 0.25) is 0 Å². The minimum absolute atomic E-state index is 0. The zero-order valence-corrected chi connectivity index (χ0v) is 3.39. The van der Waals surface area contributed by atoms with Crippen LogP contribution in [0.25, 0.3) is 0 Å². The molecule has 2 radical (unpaired) electrons. The normalized spacial score (nSPS) is 16.0. The summed E-state index contributed by atoms with van der Waals surface area (Å²) in [5.74, 6) is 0. The van der Waals surface area contributed by atoms with Crippen LogP contribution in [-0.4, -0.2) is 6.61 Å². The second-order valence-corrected chi connectivity index (χ2v) is 1.03. The van der Waals surface area contributed by atoms with Gasteiger partial charge in [-0.15, -0.1) is 0 Å². The Bertz CT molecular complexity index is 43.5. The molecule has 34 valence electrons. The van der Waals surface area contributed by atoms with Crippen molar-refractivity contribution in [2.45, 2.75) is 6.42 Å². The Kier molecular flexibility index (Phi) is 2.50. The summed E-state index contributed by atoms with van der Waals surface area (Å²) in [4.78, 5) is 0. The van der Waals surface area contributed by atoms with Gasteiger partial charge in [0, 0.05) is 11.9 Å². The summed E-state index contributed by atoms with van der Waals surface area (Å²) in [6.45, 7) is 0.889. The lowest BCUT2D eigenvalue weighted by Gasteiger charge is -1.79. The van der Waals surface area contributed by atoms with Gasteiger partial charge >= 0.3 is 0 Å².